The van der Waals surface area contributed by atoms with Gasteiger partial charge in [-0.2, -0.15) is 5.26 Å². The number of likely N-dealkylation sites (tertiary alicyclic amines) is 1. The predicted molar refractivity (Wildman–Crippen MR) is 126 cm³/mol. The molecule has 4 rings (SSSR count). The summed E-state index contributed by atoms with van der Waals surface area (Å²) >= 11 is 0. The lowest BCUT2D eigenvalue weighted by Gasteiger charge is -2.35. The zero-order valence-corrected chi connectivity index (χ0v) is 20.1. The zero-order chi connectivity index (χ0) is 24.3. The fraction of sp³-hybridized carbons (Fsp3) is 0.500. The fourth-order valence-electron chi connectivity index (χ4n) is 4.67. The van der Waals surface area contributed by atoms with E-state index in [4.69, 9.17) is 9.47 Å². The quantitative estimate of drug-likeness (QED) is 0.661. The number of ether oxygens (including phenoxy) is 2. The van der Waals surface area contributed by atoms with Crippen molar-refractivity contribution >= 4 is 12.2 Å². The van der Waals surface area contributed by atoms with Crippen LogP contribution >= 0.6 is 0 Å². The van der Waals surface area contributed by atoms with Gasteiger partial charge in [-0.1, -0.05) is 30.3 Å². The number of benzene rings is 1. The van der Waals surface area contributed by atoms with E-state index in [0.717, 1.165) is 29.8 Å². The molecule has 0 unspecified atom stereocenters. The lowest BCUT2D eigenvalue weighted by atomic mass is 9.91. The van der Waals surface area contributed by atoms with Crippen molar-refractivity contribution in [2.24, 2.45) is 0 Å². The molecule has 8 heteroatoms. The van der Waals surface area contributed by atoms with Crippen LogP contribution in [0.25, 0.3) is 0 Å². The molecule has 0 atom stereocenters. The van der Waals surface area contributed by atoms with Gasteiger partial charge in [0.2, 0.25) is 0 Å². The molecular formula is C26H32N4O4. The highest BCUT2D eigenvalue weighted by Crippen LogP contribution is 2.34. The summed E-state index contributed by atoms with van der Waals surface area (Å²) in [5, 5.41) is 9.79. The summed E-state index contributed by atoms with van der Waals surface area (Å²) in [5.74, 6) is 0.189. The average Bonchev–Trinajstić information content (AvgIpc) is 3.20. The van der Waals surface area contributed by atoms with Gasteiger partial charge >= 0.3 is 12.2 Å². The number of rotatable bonds is 3. The van der Waals surface area contributed by atoms with Gasteiger partial charge in [-0.3, -0.25) is 0 Å². The van der Waals surface area contributed by atoms with Gasteiger partial charge in [0.05, 0.1) is 12.1 Å². The second kappa shape index (κ2) is 9.80. The van der Waals surface area contributed by atoms with Crippen molar-refractivity contribution in [3.05, 3.63) is 58.9 Å². The molecule has 1 fully saturated rings. The highest BCUT2D eigenvalue weighted by molar-refractivity contribution is 5.68. The van der Waals surface area contributed by atoms with Gasteiger partial charge in [0.1, 0.15) is 18.3 Å². The van der Waals surface area contributed by atoms with E-state index in [1.807, 2.05) is 57.2 Å². The van der Waals surface area contributed by atoms with Gasteiger partial charge in [-0.25, -0.2) is 9.59 Å². The first-order valence-electron chi connectivity index (χ1n) is 11.8. The summed E-state index contributed by atoms with van der Waals surface area (Å²) in [6, 6.07) is 13.9. The van der Waals surface area contributed by atoms with Gasteiger partial charge in [0, 0.05) is 43.5 Å². The van der Waals surface area contributed by atoms with Crippen LogP contribution in [0.5, 0.6) is 0 Å². The highest BCUT2D eigenvalue weighted by atomic mass is 16.6. The summed E-state index contributed by atoms with van der Waals surface area (Å²) in [7, 11) is 0. The van der Waals surface area contributed by atoms with E-state index in [1.54, 1.807) is 9.80 Å². The molecule has 34 heavy (non-hydrogen) atoms. The van der Waals surface area contributed by atoms with Crippen molar-refractivity contribution in [2.75, 3.05) is 19.6 Å². The smallest absolute Gasteiger partial charge is 0.410 e. The standard InChI is InChI=1S/C26H32N4O4/c1-26(2,3)34-25(32)29-13-14-30-22(17-29)15-21(16-27)23(30)20-9-11-28(12-10-20)24(31)33-18-19-7-5-4-6-8-19/h4-8,15,20H,9-14,17-18H2,1-3H3. The maximum Gasteiger partial charge on any atom is 0.410 e. The number of nitriles is 1. The molecule has 1 aromatic heterocycles. The molecule has 8 nitrogen and oxygen atoms in total. The fourth-order valence-corrected chi connectivity index (χ4v) is 4.67. The Morgan fingerprint density at radius 1 is 1.03 bits per heavy atom. The molecule has 180 valence electrons. The number of fused-ring (bicyclic) bond motifs is 1. The van der Waals surface area contributed by atoms with Gasteiger partial charge < -0.3 is 23.8 Å². The average molecular weight is 465 g/mol. The molecule has 1 aromatic carbocycles. The molecule has 0 bridgehead atoms. The first-order valence-corrected chi connectivity index (χ1v) is 11.8. The molecule has 0 N–H and O–H groups in total. The molecule has 2 aliphatic rings. The Kier molecular flexibility index (Phi) is 6.82. The molecule has 2 aliphatic heterocycles. The molecule has 3 heterocycles. The van der Waals surface area contributed by atoms with Crippen molar-refractivity contribution in [3.8, 4) is 6.07 Å². The number of carbonyl (C=O) groups excluding carboxylic acids is 2. The molecule has 2 aromatic rings. The Hall–Kier alpha value is -3.47. The topological polar surface area (TPSA) is 87.8 Å². The minimum absolute atomic E-state index is 0.189. The number of carbonyl (C=O) groups is 2. The van der Waals surface area contributed by atoms with Crippen LogP contribution in [0.3, 0.4) is 0 Å². The molecule has 2 amide bonds. The summed E-state index contributed by atoms with van der Waals surface area (Å²) in [6.45, 7) is 8.60. The van der Waals surface area contributed by atoms with Crippen LogP contribution in [-0.2, 0) is 29.2 Å². The maximum atomic E-state index is 12.5. The van der Waals surface area contributed by atoms with E-state index in [-0.39, 0.29) is 24.7 Å². The van der Waals surface area contributed by atoms with Crippen molar-refractivity contribution in [3.63, 3.8) is 0 Å². The van der Waals surface area contributed by atoms with Crippen LogP contribution in [0.4, 0.5) is 9.59 Å². The van der Waals surface area contributed by atoms with E-state index in [0.29, 0.717) is 38.3 Å². The second-order valence-electron chi connectivity index (χ2n) is 9.90. The molecule has 0 radical (unpaired) electrons. The van der Waals surface area contributed by atoms with Crippen LogP contribution in [-0.4, -0.2) is 51.8 Å². The number of piperidine rings is 1. The normalized spacial score (nSPS) is 16.5. The van der Waals surface area contributed by atoms with Crippen LogP contribution in [0.15, 0.2) is 36.4 Å². The molecule has 0 spiro atoms. The third kappa shape index (κ3) is 5.36. The SMILES string of the molecule is CC(C)(C)OC(=O)N1CCn2c(cc(C#N)c2C2CCN(C(=O)OCc3ccccc3)CC2)C1. The number of aromatic nitrogens is 1. The Morgan fingerprint density at radius 3 is 2.38 bits per heavy atom. The van der Waals surface area contributed by atoms with Gasteiger partial charge in [-0.15, -0.1) is 0 Å². The lowest BCUT2D eigenvalue weighted by molar-refractivity contribution is 0.0197. The highest BCUT2D eigenvalue weighted by Gasteiger charge is 2.33. The minimum atomic E-state index is -0.546. The predicted octanol–water partition coefficient (Wildman–Crippen LogP) is 4.63. The maximum absolute atomic E-state index is 12.5. The van der Waals surface area contributed by atoms with Crippen molar-refractivity contribution in [2.45, 2.75) is 64.8 Å². The molecule has 1 saturated heterocycles. The van der Waals surface area contributed by atoms with E-state index >= 15 is 0 Å². The van der Waals surface area contributed by atoms with E-state index in [1.165, 1.54) is 0 Å². The third-order valence-corrected chi connectivity index (χ3v) is 6.29. The van der Waals surface area contributed by atoms with Crippen molar-refractivity contribution in [1.82, 2.24) is 14.4 Å². The van der Waals surface area contributed by atoms with Crippen molar-refractivity contribution in [1.29, 1.82) is 5.26 Å². The van der Waals surface area contributed by atoms with Gasteiger partial charge in [0.15, 0.2) is 0 Å². The Labute approximate surface area is 200 Å². The lowest BCUT2D eigenvalue weighted by Crippen LogP contribution is -2.42. The molecule has 0 aliphatic carbocycles. The number of hydrogen-bond donors (Lipinski definition) is 0. The third-order valence-electron chi connectivity index (χ3n) is 6.29. The summed E-state index contributed by atoms with van der Waals surface area (Å²) < 4.78 is 13.2. The van der Waals surface area contributed by atoms with E-state index < -0.39 is 5.60 Å². The zero-order valence-electron chi connectivity index (χ0n) is 20.1. The van der Waals surface area contributed by atoms with Crippen LogP contribution < -0.4 is 0 Å². The number of amides is 2. The van der Waals surface area contributed by atoms with Crippen LogP contribution in [0.2, 0.25) is 0 Å². The number of hydrogen-bond acceptors (Lipinski definition) is 5. The summed E-state index contributed by atoms with van der Waals surface area (Å²) in [6.07, 6.45) is 0.915. The second-order valence-corrected chi connectivity index (χ2v) is 9.90. The monoisotopic (exact) mass is 464 g/mol. The first kappa shape index (κ1) is 23.7. The van der Waals surface area contributed by atoms with Gasteiger partial charge in [0.25, 0.3) is 0 Å². The molecule has 0 saturated carbocycles. The minimum Gasteiger partial charge on any atom is -0.445 e. The first-order chi connectivity index (χ1) is 16.2. The van der Waals surface area contributed by atoms with Crippen molar-refractivity contribution < 1.29 is 19.1 Å². The van der Waals surface area contributed by atoms with Crippen LogP contribution in [0.1, 0.15) is 62.0 Å². The van der Waals surface area contributed by atoms with Gasteiger partial charge in [-0.05, 0) is 45.2 Å². The Morgan fingerprint density at radius 2 is 1.74 bits per heavy atom. The summed E-state index contributed by atoms with van der Waals surface area (Å²) in [4.78, 5) is 28.5. The number of nitrogens with zero attached hydrogens (tertiary/aromatic N) is 4. The summed E-state index contributed by atoms with van der Waals surface area (Å²) in [5.41, 5.74) is 3.05. The van der Waals surface area contributed by atoms with E-state index in [2.05, 4.69) is 10.6 Å². The Balaban J connectivity index is 1.38. The Bertz CT molecular complexity index is 1070. The molecular weight excluding hydrogens is 432 g/mol. The van der Waals surface area contributed by atoms with Crippen LogP contribution in [0, 0.1) is 11.3 Å². The van der Waals surface area contributed by atoms with E-state index in [9.17, 15) is 14.9 Å². The largest absolute Gasteiger partial charge is 0.445 e.